The van der Waals surface area contributed by atoms with Gasteiger partial charge in [-0.3, -0.25) is 4.79 Å². The highest BCUT2D eigenvalue weighted by Gasteiger charge is 2.18. The summed E-state index contributed by atoms with van der Waals surface area (Å²) < 4.78 is 16.3. The summed E-state index contributed by atoms with van der Waals surface area (Å²) in [6.07, 6.45) is 0.715. The highest BCUT2D eigenvalue weighted by atomic mass is 35.5. The second-order valence-electron chi connectivity index (χ2n) is 6.68. The number of hydrogen-bond acceptors (Lipinski definition) is 5. The number of amides is 1. The van der Waals surface area contributed by atoms with Crippen molar-refractivity contribution in [3.8, 4) is 16.9 Å². The first-order chi connectivity index (χ1) is 14.5. The Kier molecular flexibility index (Phi) is 5.59. The van der Waals surface area contributed by atoms with Gasteiger partial charge in [-0.25, -0.2) is 4.79 Å². The Morgan fingerprint density at radius 3 is 2.67 bits per heavy atom. The lowest BCUT2D eigenvalue weighted by molar-refractivity contribution is -0.127. The molecule has 0 bridgehead atoms. The van der Waals surface area contributed by atoms with Crippen molar-refractivity contribution in [2.75, 3.05) is 0 Å². The minimum Gasteiger partial charge on any atom is -0.479 e. The Morgan fingerprint density at radius 2 is 1.93 bits per heavy atom. The third-order valence-electron chi connectivity index (χ3n) is 4.57. The van der Waals surface area contributed by atoms with Crippen LogP contribution in [-0.4, -0.2) is 12.0 Å². The number of halogens is 1. The van der Waals surface area contributed by atoms with Crippen LogP contribution in [-0.2, 0) is 11.3 Å². The van der Waals surface area contributed by atoms with Crippen LogP contribution in [0, 0.1) is 0 Å². The molecule has 1 atom stereocenters. The van der Waals surface area contributed by atoms with E-state index in [0.29, 0.717) is 27.3 Å². The number of rotatable bonds is 6. The van der Waals surface area contributed by atoms with Crippen molar-refractivity contribution in [1.29, 1.82) is 0 Å². The van der Waals surface area contributed by atoms with Gasteiger partial charge in [-0.1, -0.05) is 41.9 Å². The smallest absolute Gasteiger partial charge is 0.336 e. The lowest BCUT2D eigenvalue weighted by atomic mass is 10.0. The van der Waals surface area contributed by atoms with Crippen LogP contribution >= 0.6 is 11.6 Å². The fourth-order valence-electron chi connectivity index (χ4n) is 3.09. The van der Waals surface area contributed by atoms with E-state index in [1.54, 1.807) is 25.1 Å². The Bertz CT molecular complexity index is 1230. The number of carbonyl (C=O) groups is 1. The summed E-state index contributed by atoms with van der Waals surface area (Å²) in [6.45, 7) is 1.86. The number of benzene rings is 2. The standard InChI is InChI=1S/C23H18ClNO5/c1-14(23(27)25-13-16-8-5-9-28-16)29-21-12-20-18(10-19(21)24)17(11-22(26)30-20)15-6-3-2-4-7-15/h2-12,14H,13H2,1H3,(H,25,27)/t14-/m1/s1. The zero-order chi connectivity index (χ0) is 21.1. The van der Waals surface area contributed by atoms with Crippen LogP contribution in [0.15, 0.2) is 80.6 Å². The highest BCUT2D eigenvalue weighted by molar-refractivity contribution is 6.33. The molecule has 0 aliphatic carbocycles. The second kappa shape index (κ2) is 8.47. The summed E-state index contributed by atoms with van der Waals surface area (Å²) in [5.74, 6) is 0.551. The zero-order valence-corrected chi connectivity index (χ0v) is 16.8. The number of furan rings is 1. The van der Waals surface area contributed by atoms with E-state index in [1.165, 1.54) is 18.4 Å². The number of ether oxygens (including phenoxy) is 1. The predicted molar refractivity (Wildman–Crippen MR) is 114 cm³/mol. The van der Waals surface area contributed by atoms with Gasteiger partial charge in [0.1, 0.15) is 17.1 Å². The Balaban J connectivity index is 1.60. The Labute approximate surface area is 177 Å². The molecule has 2 aromatic heterocycles. The molecule has 0 aliphatic rings. The molecular weight excluding hydrogens is 406 g/mol. The third-order valence-corrected chi connectivity index (χ3v) is 4.87. The number of hydrogen-bond donors (Lipinski definition) is 1. The van der Waals surface area contributed by atoms with E-state index in [-0.39, 0.29) is 18.2 Å². The molecule has 152 valence electrons. The van der Waals surface area contributed by atoms with Gasteiger partial charge in [0, 0.05) is 17.5 Å². The second-order valence-corrected chi connectivity index (χ2v) is 7.09. The van der Waals surface area contributed by atoms with Crippen molar-refractivity contribution in [3.05, 3.63) is 88.1 Å². The summed E-state index contributed by atoms with van der Waals surface area (Å²) in [4.78, 5) is 24.4. The molecule has 1 amide bonds. The molecule has 2 heterocycles. The van der Waals surface area contributed by atoms with Gasteiger partial charge in [-0.05, 0) is 36.2 Å². The van der Waals surface area contributed by atoms with Crippen LogP contribution in [0.1, 0.15) is 12.7 Å². The lowest BCUT2D eigenvalue weighted by Crippen LogP contribution is -2.35. The van der Waals surface area contributed by atoms with Gasteiger partial charge in [-0.15, -0.1) is 0 Å². The molecule has 0 saturated carbocycles. The zero-order valence-electron chi connectivity index (χ0n) is 16.1. The third kappa shape index (κ3) is 4.23. The van der Waals surface area contributed by atoms with Gasteiger partial charge in [-0.2, -0.15) is 0 Å². The quantitative estimate of drug-likeness (QED) is 0.451. The SMILES string of the molecule is C[C@@H](Oc1cc2oc(=O)cc(-c3ccccc3)c2cc1Cl)C(=O)NCc1ccco1. The summed E-state index contributed by atoms with van der Waals surface area (Å²) in [7, 11) is 0. The van der Waals surface area contributed by atoms with Gasteiger partial charge in [0.25, 0.3) is 5.91 Å². The van der Waals surface area contributed by atoms with Crippen molar-refractivity contribution >= 4 is 28.5 Å². The topological polar surface area (TPSA) is 81.7 Å². The maximum absolute atomic E-state index is 12.3. The summed E-state index contributed by atoms with van der Waals surface area (Å²) in [6, 6.07) is 17.6. The Morgan fingerprint density at radius 1 is 1.13 bits per heavy atom. The summed E-state index contributed by atoms with van der Waals surface area (Å²) >= 11 is 6.42. The monoisotopic (exact) mass is 423 g/mol. The van der Waals surface area contributed by atoms with Crippen LogP contribution in [0.4, 0.5) is 0 Å². The normalized spacial score (nSPS) is 11.9. The first-order valence-corrected chi connectivity index (χ1v) is 9.68. The van der Waals surface area contributed by atoms with Gasteiger partial charge < -0.3 is 18.9 Å². The van der Waals surface area contributed by atoms with Gasteiger partial charge in [0.05, 0.1) is 17.8 Å². The van der Waals surface area contributed by atoms with Crippen LogP contribution in [0.3, 0.4) is 0 Å². The van der Waals surface area contributed by atoms with E-state index in [2.05, 4.69) is 5.32 Å². The Hall–Kier alpha value is -3.51. The molecule has 0 unspecified atom stereocenters. The van der Waals surface area contributed by atoms with Crippen molar-refractivity contribution in [1.82, 2.24) is 5.32 Å². The molecule has 2 aromatic carbocycles. The molecule has 1 N–H and O–H groups in total. The molecule has 30 heavy (non-hydrogen) atoms. The van der Waals surface area contributed by atoms with Crippen molar-refractivity contribution in [3.63, 3.8) is 0 Å². The largest absolute Gasteiger partial charge is 0.479 e. The minimum absolute atomic E-state index is 0.248. The molecule has 6 nitrogen and oxygen atoms in total. The van der Waals surface area contributed by atoms with Crippen LogP contribution in [0.2, 0.25) is 5.02 Å². The molecule has 0 radical (unpaired) electrons. The molecule has 0 spiro atoms. The van der Waals surface area contributed by atoms with E-state index in [1.807, 2.05) is 30.3 Å². The van der Waals surface area contributed by atoms with E-state index in [4.69, 9.17) is 25.2 Å². The lowest BCUT2D eigenvalue weighted by Gasteiger charge is -2.16. The fraction of sp³-hybridized carbons (Fsp3) is 0.130. The van der Waals surface area contributed by atoms with Crippen molar-refractivity contribution < 1.29 is 18.4 Å². The molecule has 0 fully saturated rings. The van der Waals surface area contributed by atoms with E-state index in [0.717, 1.165) is 5.56 Å². The first kappa shape index (κ1) is 19.8. The number of fused-ring (bicyclic) bond motifs is 1. The number of carbonyl (C=O) groups excluding carboxylic acids is 1. The van der Waals surface area contributed by atoms with E-state index in [9.17, 15) is 9.59 Å². The molecule has 4 rings (SSSR count). The summed E-state index contributed by atoms with van der Waals surface area (Å²) in [5, 5.41) is 3.71. The number of nitrogens with one attached hydrogen (secondary N) is 1. The maximum atomic E-state index is 12.3. The summed E-state index contributed by atoms with van der Waals surface area (Å²) in [5.41, 5.74) is 1.41. The molecular formula is C23H18ClNO5. The van der Waals surface area contributed by atoms with Crippen molar-refractivity contribution in [2.24, 2.45) is 0 Å². The predicted octanol–water partition coefficient (Wildman–Crippen LogP) is 4.79. The van der Waals surface area contributed by atoms with Crippen LogP contribution in [0.5, 0.6) is 5.75 Å². The maximum Gasteiger partial charge on any atom is 0.336 e. The van der Waals surface area contributed by atoms with Gasteiger partial charge in [0.15, 0.2) is 6.10 Å². The molecule has 0 saturated heterocycles. The van der Waals surface area contributed by atoms with Crippen molar-refractivity contribution in [2.45, 2.75) is 19.6 Å². The molecule has 4 aromatic rings. The van der Waals surface area contributed by atoms with Gasteiger partial charge >= 0.3 is 5.63 Å². The minimum atomic E-state index is -0.820. The average Bonchev–Trinajstić information content (AvgIpc) is 3.26. The fourth-order valence-corrected chi connectivity index (χ4v) is 3.29. The van der Waals surface area contributed by atoms with Crippen LogP contribution < -0.4 is 15.7 Å². The average molecular weight is 424 g/mol. The van der Waals surface area contributed by atoms with Gasteiger partial charge in [0.2, 0.25) is 0 Å². The van der Waals surface area contributed by atoms with E-state index >= 15 is 0 Å². The highest BCUT2D eigenvalue weighted by Crippen LogP contribution is 2.35. The first-order valence-electron chi connectivity index (χ1n) is 9.31. The molecule has 0 aliphatic heterocycles. The van der Waals surface area contributed by atoms with Crippen LogP contribution in [0.25, 0.3) is 22.1 Å². The molecule has 7 heteroatoms. The van der Waals surface area contributed by atoms with E-state index < -0.39 is 11.7 Å².